The van der Waals surface area contributed by atoms with Crippen molar-refractivity contribution in [2.24, 2.45) is 7.05 Å². The van der Waals surface area contributed by atoms with Crippen molar-refractivity contribution < 1.29 is 9.18 Å². The number of nitrogens with zero attached hydrogens (tertiary/aromatic N) is 1. The number of carbonyl (C=O) groups is 1. The third-order valence-electron chi connectivity index (χ3n) is 3.08. The van der Waals surface area contributed by atoms with Crippen molar-refractivity contribution in [1.82, 2.24) is 9.88 Å². The Kier molecular flexibility index (Phi) is 4.29. The average Bonchev–Trinajstić information content (AvgIpc) is 2.72. The molecular formula is C14H15ClFN3O. The number of aromatic nitrogens is 1. The molecule has 0 atom stereocenters. The van der Waals surface area contributed by atoms with E-state index in [0.29, 0.717) is 11.6 Å². The summed E-state index contributed by atoms with van der Waals surface area (Å²) in [4.78, 5) is 11.7. The molecule has 0 bridgehead atoms. The molecular weight excluding hydrogens is 281 g/mol. The molecule has 1 aromatic carbocycles. The van der Waals surface area contributed by atoms with Crippen LogP contribution in [0.1, 0.15) is 11.4 Å². The molecule has 1 aromatic heterocycles. The summed E-state index contributed by atoms with van der Waals surface area (Å²) < 4.78 is 15.4. The summed E-state index contributed by atoms with van der Waals surface area (Å²) in [5.74, 6) is -0.528. The predicted octanol–water partition coefficient (Wildman–Crippen LogP) is 3.45. The molecule has 0 unspecified atom stereocenters. The van der Waals surface area contributed by atoms with Crippen LogP contribution in [0, 0.1) is 12.7 Å². The average molecular weight is 296 g/mol. The molecule has 106 valence electrons. The van der Waals surface area contributed by atoms with Gasteiger partial charge >= 0.3 is 6.03 Å². The van der Waals surface area contributed by atoms with Crippen molar-refractivity contribution >= 4 is 23.3 Å². The highest BCUT2D eigenvalue weighted by atomic mass is 35.5. The predicted molar refractivity (Wildman–Crippen MR) is 77.4 cm³/mol. The van der Waals surface area contributed by atoms with Crippen molar-refractivity contribution in [3.05, 3.63) is 52.6 Å². The van der Waals surface area contributed by atoms with Crippen LogP contribution in [0.5, 0.6) is 0 Å². The van der Waals surface area contributed by atoms with Gasteiger partial charge in [-0.25, -0.2) is 9.18 Å². The fourth-order valence-electron chi connectivity index (χ4n) is 1.78. The highest BCUT2D eigenvalue weighted by Crippen LogP contribution is 2.19. The zero-order valence-corrected chi connectivity index (χ0v) is 12.0. The number of benzene rings is 1. The Hall–Kier alpha value is -2.01. The van der Waals surface area contributed by atoms with E-state index in [-0.39, 0.29) is 5.69 Å². The van der Waals surface area contributed by atoms with Crippen molar-refractivity contribution in [1.29, 1.82) is 0 Å². The number of amides is 2. The Bertz CT molecular complexity index is 639. The highest BCUT2D eigenvalue weighted by molar-refractivity contribution is 6.30. The van der Waals surface area contributed by atoms with E-state index in [0.717, 1.165) is 11.4 Å². The van der Waals surface area contributed by atoms with Crippen LogP contribution >= 0.6 is 11.6 Å². The minimum atomic E-state index is -0.528. The van der Waals surface area contributed by atoms with Crippen molar-refractivity contribution in [2.75, 3.05) is 5.32 Å². The number of halogens is 2. The number of nitrogens with one attached hydrogen (secondary N) is 2. The van der Waals surface area contributed by atoms with Crippen molar-refractivity contribution in [3.63, 3.8) is 0 Å². The molecule has 6 heteroatoms. The highest BCUT2D eigenvalue weighted by Gasteiger charge is 2.08. The molecule has 2 aromatic rings. The first-order valence-corrected chi connectivity index (χ1v) is 6.46. The molecule has 20 heavy (non-hydrogen) atoms. The monoisotopic (exact) mass is 295 g/mol. The summed E-state index contributed by atoms with van der Waals surface area (Å²) >= 11 is 5.76. The number of carbonyl (C=O) groups excluding carboxylic acids is 1. The molecule has 0 aliphatic carbocycles. The van der Waals surface area contributed by atoms with Gasteiger partial charge in [-0.3, -0.25) is 0 Å². The third-order valence-corrected chi connectivity index (χ3v) is 3.32. The fourth-order valence-corrected chi connectivity index (χ4v) is 1.95. The summed E-state index contributed by atoms with van der Waals surface area (Å²) in [6.07, 6.45) is 0. The Labute approximate surface area is 121 Å². The maximum atomic E-state index is 13.5. The van der Waals surface area contributed by atoms with Gasteiger partial charge in [0, 0.05) is 23.5 Å². The van der Waals surface area contributed by atoms with E-state index < -0.39 is 11.8 Å². The number of aryl methyl sites for hydroxylation is 1. The van der Waals surface area contributed by atoms with E-state index in [9.17, 15) is 9.18 Å². The van der Waals surface area contributed by atoms with Crippen LogP contribution < -0.4 is 10.6 Å². The molecule has 1 heterocycles. The largest absolute Gasteiger partial charge is 0.350 e. The first kappa shape index (κ1) is 14.4. The standard InChI is InChI=1S/C14H15ClFN3O/c1-9-3-5-11(19(9)2)8-17-14(20)18-13-7-10(15)4-6-12(13)16/h3-7H,8H2,1-2H3,(H2,17,18,20). The van der Waals surface area contributed by atoms with Crippen molar-refractivity contribution in [3.8, 4) is 0 Å². The number of anilines is 1. The summed E-state index contributed by atoms with van der Waals surface area (Å²) in [6.45, 7) is 2.34. The molecule has 0 saturated carbocycles. The maximum absolute atomic E-state index is 13.5. The smallest absolute Gasteiger partial charge is 0.319 e. The van der Waals surface area contributed by atoms with Gasteiger partial charge in [0.2, 0.25) is 0 Å². The van der Waals surface area contributed by atoms with Gasteiger partial charge in [0.25, 0.3) is 0 Å². The lowest BCUT2D eigenvalue weighted by molar-refractivity contribution is 0.251. The van der Waals surface area contributed by atoms with Gasteiger partial charge in [-0.15, -0.1) is 0 Å². The van der Waals surface area contributed by atoms with Crippen LogP contribution in [0.3, 0.4) is 0 Å². The lowest BCUT2D eigenvalue weighted by Gasteiger charge is -2.10. The molecule has 0 fully saturated rings. The summed E-state index contributed by atoms with van der Waals surface area (Å²) in [5.41, 5.74) is 2.12. The Morgan fingerprint density at radius 3 is 2.75 bits per heavy atom. The second-order valence-electron chi connectivity index (χ2n) is 4.46. The molecule has 2 N–H and O–H groups in total. The van der Waals surface area contributed by atoms with Gasteiger partial charge < -0.3 is 15.2 Å². The first-order valence-electron chi connectivity index (χ1n) is 6.08. The number of rotatable bonds is 3. The minimum absolute atomic E-state index is 0.0538. The van der Waals surface area contributed by atoms with Gasteiger partial charge in [0.15, 0.2) is 0 Å². The Balaban J connectivity index is 1.96. The fraction of sp³-hybridized carbons (Fsp3) is 0.214. The summed E-state index contributed by atoms with van der Waals surface area (Å²) in [5, 5.41) is 5.46. The van der Waals surface area contributed by atoms with Gasteiger partial charge in [0.1, 0.15) is 5.82 Å². The molecule has 0 aliphatic heterocycles. The Morgan fingerprint density at radius 1 is 1.35 bits per heavy atom. The van der Waals surface area contributed by atoms with Crippen molar-refractivity contribution in [2.45, 2.75) is 13.5 Å². The van der Waals surface area contributed by atoms with Gasteiger partial charge in [-0.05, 0) is 37.3 Å². The van der Waals surface area contributed by atoms with E-state index in [2.05, 4.69) is 10.6 Å². The van der Waals surface area contributed by atoms with Crippen LogP contribution in [0.25, 0.3) is 0 Å². The maximum Gasteiger partial charge on any atom is 0.319 e. The van der Waals surface area contributed by atoms with E-state index in [1.54, 1.807) is 0 Å². The van der Waals surface area contributed by atoms with Crippen LogP contribution in [-0.2, 0) is 13.6 Å². The minimum Gasteiger partial charge on any atom is -0.350 e. The second kappa shape index (κ2) is 5.96. The molecule has 0 saturated heterocycles. The topological polar surface area (TPSA) is 46.1 Å². The molecule has 4 nitrogen and oxygen atoms in total. The molecule has 0 spiro atoms. The molecule has 0 radical (unpaired) electrons. The van der Waals surface area contributed by atoms with Crippen LogP contribution in [-0.4, -0.2) is 10.6 Å². The first-order chi connectivity index (χ1) is 9.47. The van der Waals surface area contributed by atoms with E-state index in [1.807, 2.05) is 30.7 Å². The quantitative estimate of drug-likeness (QED) is 0.895. The third kappa shape index (κ3) is 3.30. The zero-order valence-electron chi connectivity index (χ0n) is 11.2. The SMILES string of the molecule is Cc1ccc(CNC(=O)Nc2cc(Cl)ccc2F)n1C. The second-order valence-corrected chi connectivity index (χ2v) is 4.89. The number of hydrogen-bond acceptors (Lipinski definition) is 1. The van der Waals surface area contributed by atoms with Crippen LogP contribution in [0.15, 0.2) is 30.3 Å². The van der Waals surface area contributed by atoms with Gasteiger partial charge in [0.05, 0.1) is 12.2 Å². The van der Waals surface area contributed by atoms with Gasteiger partial charge in [-0.2, -0.15) is 0 Å². The summed E-state index contributed by atoms with van der Waals surface area (Å²) in [6, 6.07) is 7.40. The normalized spacial score (nSPS) is 10.4. The van der Waals surface area contributed by atoms with E-state index in [1.165, 1.54) is 18.2 Å². The van der Waals surface area contributed by atoms with Crippen LogP contribution in [0.2, 0.25) is 5.02 Å². The number of hydrogen-bond donors (Lipinski definition) is 2. The van der Waals surface area contributed by atoms with E-state index >= 15 is 0 Å². The lowest BCUT2D eigenvalue weighted by Crippen LogP contribution is -2.29. The molecule has 2 rings (SSSR count). The molecule has 2 amide bonds. The number of urea groups is 1. The van der Waals surface area contributed by atoms with Crippen LogP contribution in [0.4, 0.5) is 14.9 Å². The lowest BCUT2D eigenvalue weighted by atomic mass is 10.3. The Morgan fingerprint density at radius 2 is 2.10 bits per heavy atom. The van der Waals surface area contributed by atoms with Gasteiger partial charge in [-0.1, -0.05) is 11.6 Å². The molecule has 0 aliphatic rings. The summed E-state index contributed by atoms with van der Waals surface area (Å²) in [7, 11) is 1.92. The zero-order chi connectivity index (χ0) is 14.7. The van der Waals surface area contributed by atoms with E-state index in [4.69, 9.17) is 11.6 Å².